The van der Waals surface area contributed by atoms with Crippen molar-refractivity contribution in [3.63, 3.8) is 0 Å². The van der Waals surface area contributed by atoms with Crippen molar-refractivity contribution in [2.45, 2.75) is 39.0 Å². The summed E-state index contributed by atoms with van der Waals surface area (Å²) in [6, 6.07) is 8.94. The Bertz CT molecular complexity index is 955. The van der Waals surface area contributed by atoms with Crippen LogP contribution in [0.4, 0.5) is 14.5 Å². The Morgan fingerprint density at radius 3 is 2.40 bits per heavy atom. The van der Waals surface area contributed by atoms with Crippen LogP contribution in [0.1, 0.15) is 47.7 Å². The summed E-state index contributed by atoms with van der Waals surface area (Å²) in [4.78, 5) is 38.3. The molecule has 158 valence electrons. The van der Waals surface area contributed by atoms with E-state index in [-0.39, 0.29) is 37.6 Å². The van der Waals surface area contributed by atoms with Crippen molar-refractivity contribution in [3.05, 3.63) is 64.7 Å². The van der Waals surface area contributed by atoms with Gasteiger partial charge in [0.2, 0.25) is 11.8 Å². The lowest BCUT2D eigenvalue weighted by Gasteiger charge is -2.20. The van der Waals surface area contributed by atoms with Crippen molar-refractivity contribution in [2.75, 3.05) is 18.4 Å². The Balaban J connectivity index is 1.54. The molecule has 0 aliphatic heterocycles. The third-order valence-electron chi connectivity index (χ3n) is 5.28. The first kappa shape index (κ1) is 21.6. The average molecular weight is 414 g/mol. The number of Topliss-reactive ketones (excluding diaryl/α,β-unsaturated/α-hetero) is 1. The number of likely N-dealkylation sites (N-methyl/N-ethyl adjacent to an activating group) is 1. The van der Waals surface area contributed by atoms with Gasteiger partial charge in [-0.1, -0.05) is 18.2 Å². The van der Waals surface area contributed by atoms with Gasteiger partial charge in [0.15, 0.2) is 5.78 Å². The summed E-state index contributed by atoms with van der Waals surface area (Å²) >= 11 is 0. The average Bonchev–Trinajstić information content (AvgIpc) is 3.20. The third kappa shape index (κ3) is 5.09. The molecule has 3 rings (SSSR count). The van der Waals surface area contributed by atoms with Gasteiger partial charge in [-0.15, -0.1) is 0 Å². The standard InChI is InChI=1S/C23H24F2N2O3/c1-2-27(14-21(29)26-23-18(24)7-4-8-19(23)25)22(30)12-11-20(28)17-10-9-15-5-3-6-16(15)13-17/h4,7-10,13H,2-3,5-6,11-12,14H2,1H3,(H,26,29). The summed E-state index contributed by atoms with van der Waals surface area (Å²) in [6.45, 7) is 1.58. The third-order valence-corrected chi connectivity index (χ3v) is 5.28. The van der Waals surface area contributed by atoms with E-state index in [0.717, 1.165) is 31.4 Å². The van der Waals surface area contributed by atoms with Crippen molar-refractivity contribution in [1.29, 1.82) is 0 Å². The molecule has 0 radical (unpaired) electrons. The maximum absolute atomic E-state index is 13.7. The highest BCUT2D eigenvalue weighted by atomic mass is 19.1. The molecule has 1 N–H and O–H groups in total. The molecule has 0 spiro atoms. The SMILES string of the molecule is CCN(CC(=O)Nc1c(F)cccc1F)C(=O)CCC(=O)c1ccc2c(c1)CCC2. The van der Waals surface area contributed by atoms with Crippen molar-refractivity contribution >= 4 is 23.3 Å². The summed E-state index contributed by atoms with van der Waals surface area (Å²) < 4.78 is 27.3. The zero-order valence-electron chi connectivity index (χ0n) is 16.8. The minimum Gasteiger partial charge on any atom is -0.334 e. The Hall–Kier alpha value is -3.09. The summed E-state index contributed by atoms with van der Waals surface area (Å²) in [7, 11) is 0. The molecular formula is C23H24F2N2O3. The summed E-state index contributed by atoms with van der Waals surface area (Å²) in [6.07, 6.45) is 3.10. The highest BCUT2D eigenvalue weighted by Crippen LogP contribution is 2.23. The van der Waals surface area contributed by atoms with Crippen LogP contribution in [0.3, 0.4) is 0 Å². The molecule has 0 aromatic heterocycles. The van der Waals surface area contributed by atoms with Crippen LogP contribution in [-0.2, 0) is 22.4 Å². The van der Waals surface area contributed by atoms with E-state index in [0.29, 0.717) is 5.56 Å². The van der Waals surface area contributed by atoms with E-state index in [1.807, 2.05) is 12.1 Å². The predicted octanol–water partition coefficient (Wildman–Crippen LogP) is 3.90. The van der Waals surface area contributed by atoms with Crippen LogP contribution in [0.25, 0.3) is 0 Å². The van der Waals surface area contributed by atoms with E-state index >= 15 is 0 Å². The molecule has 2 aromatic rings. The van der Waals surface area contributed by atoms with E-state index in [1.54, 1.807) is 13.0 Å². The zero-order valence-corrected chi connectivity index (χ0v) is 16.8. The molecule has 0 saturated heterocycles. The first-order valence-corrected chi connectivity index (χ1v) is 10.1. The molecule has 1 aliphatic rings. The maximum Gasteiger partial charge on any atom is 0.244 e. The fourth-order valence-electron chi connectivity index (χ4n) is 3.61. The van der Waals surface area contributed by atoms with Crippen LogP contribution < -0.4 is 5.32 Å². The number of amides is 2. The van der Waals surface area contributed by atoms with E-state index in [1.165, 1.54) is 22.1 Å². The number of nitrogens with zero attached hydrogens (tertiary/aromatic N) is 1. The van der Waals surface area contributed by atoms with Crippen LogP contribution >= 0.6 is 0 Å². The van der Waals surface area contributed by atoms with Crippen LogP contribution in [-0.4, -0.2) is 35.6 Å². The van der Waals surface area contributed by atoms with Gasteiger partial charge < -0.3 is 10.2 Å². The predicted molar refractivity (Wildman–Crippen MR) is 109 cm³/mol. The molecule has 7 heteroatoms. The summed E-state index contributed by atoms with van der Waals surface area (Å²) in [5, 5.41) is 2.16. The van der Waals surface area contributed by atoms with Gasteiger partial charge in [-0.3, -0.25) is 14.4 Å². The Morgan fingerprint density at radius 1 is 1.00 bits per heavy atom. The van der Waals surface area contributed by atoms with E-state index in [9.17, 15) is 23.2 Å². The molecule has 0 unspecified atom stereocenters. The quantitative estimate of drug-likeness (QED) is 0.666. The molecule has 0 saturated carbocycles. The van der Waals surface area contributed by atoms with Gasteiger partial charge in [0.05, 0.1) is 6.54 Å². The summed E-state index contributed by atoms with van der Waals surface area (Å²) in [5.41, 5.74) is 2.52. The second-order valence-electron chi connectivity index (χ2n) is 7.31. The highest BCUT2D eigenvalue weighted by molar-refractivity contribution is 5.99. The van der Waals surface area contributed by atoms with Crippen LogP contribution in [0.5, 0.6) is 0 Å². The highest BCUT2D eigenvalue weighted by Gasteiger charge is 2.20. The number of ketones is 1. The van der Waals surface area contributed by atoms with Crippen LogP contribution in [0.15, 0.2) is 36.4 Å². The minimum absolute atomic E-state index is 0.0366. The molecule has 30 heavy (non-hydrogen) atoms. The first-order valence-electron chi connectivity index (χ1n) is 10.1. The number of nitrogens with one attached hydrogen (secondary N) is 1. The van der Waals surface area contributed by atoms with Gasteiger partial charge in [0.25, 0.3) is 0 Å². The largest absolute Gasteiger partial charge is 0.334 e. The Labute approximate surface area is 174 Å². The molecule has 0 atom stereocenters. The van der Waals surface area contributed by atoms with Crippen molar-refractivity contribution in [2.24, 2.45) is 0 Å². The normalized spacial score (nSPS) is 12.4. The van der Waals surface area contributed by atoms with Crippen LogP contribution in [0, 0.1) is 11.6 Å². The van der Waals surface area contributed by atoms with Gasteiger partial charge in [-0.25, -0.2) is 8.78 Å². The molecule has 0 fully saturated rings. The second-order valence-corrected chi connectivity index (χ2v) is 7.31. The number of para-hydroxylation sites is 1. The molecule has 5 nitrogen and oxygen atoms in total. The van der Waals surface area contributed by atoms with Gasteiger partial charge in [0.1, 0.15) is 17.3 Å². The van der Waals surface area contributed by atoms with Crippen LogP contribution in [0.2, 0.25) is 0 Å². The summed E-state index contributed by atoms with van der Waals surface area (Å²) in [5.74, 6) is -2.97. The fraction of sp³-hybridized carbons (Fsp3) is 0.348. The number of carbonyl (C=O) groups excluding carboxylic acids is 3. The number of rotatable bonds is 8. The topological polar surface area (TPSA) is 66.5 Å². The fourth-order valence-corrected chi connectivity index (χ4v) is 3.61. The lowest BCUT2D eigenvalue weighted by molar-refractivity contribution is -0.134. The Morgan fingerprint density at radius 2 is 1.70 bits per heavy atom. The number of fused-ring (bicyclic) bond motifs is 1. The van der Waals surface area contributed by atoms with E-state index < -0.39 is 23.2 Å². The number of carbonyl (C=O) groups is 3. The number of halogens is 2. The number of hydrogen-bond donors (Lipinski definition) is 1. The van der Waals surface area contributed by atoms with E-state index in [2.05, 4.69) is 5.32 Å². The molecule has 2 amide bonds. The number of hydrogen-bond acceptors (Lipinski definition) is 3. The molecule has 0 heterocycles. The van der Waals surface area contributed by atoms with Gasteiger partial charge in [0, 0.05) is 24.9 Å². The smallest absolute Gasteiger partial charge is 0.244 e. The Kier molecular flexibility index (Phi) is 6.92. The molecular weight excluding hydrogens is 390 g/mol. The van der Waals surface area contributed by atoms with Crippen molar-refractivity contribution in [1.82, 2.24) is 4.90 Å². The monoisotopic (exact) mass is 414 g/mol. The number of anilines is 1. The maximum atomic E-state index is 13.7. The van der Waals surface area contributed by atoms with Crippen molar-refractivity contribution < 1.29 is 23.2 Å². The molecule has 1 aliphatic carbocycles. The minimum atomic E-state index is -0.891. The van der Waals surface area contributed by atoms with Gasteiger partial charge >= 0.3 is 0 Å². The molecule has 2 aromatic carbocycles. The van der Waals surface area contributed by atoms with Crippen molar-refractivity contribution in [3.8, 4) is 0 Å². The second kappa shape index (κ2) is 9.61. The molecule has 0 bridgehead atoms. The number of aryl methyl sites for hydroxylation is 2. The van der Waals surface area contributed by atoms with Gasteiger partial charge in [-0.05, 0) is 55.5 Å². The van der Waals surface area contributed by atoms with E-state index in [4.69, 9.17) is 0 Å². The number of benzene rings is 2. The van der Waals surface area contributed by atoms with Gasteiger partial charge in [-0.2, -0.15) is 0 Å². The first-order chi connectivity index (χ1) is 14.4. The lowest BCUT2D eigenvalue weighted by Crippen LogP contribution is -2.38. The zero-order chi connectivity index (χ0) is 21.7. The lowest BCUT2D eigenvalue weighted by atomic mass is 10.0.